The second-order valence-electron chi connectivity index (χ2n) is 5.08. The van der Waals surface area contributed by atoms with E-state index in [9.17, 15) is 13.2 Å². The van der Waals surface area contributed by atoms with E-state index in [1.54, 1.807) is 6.26 Å². The zero-order valence-electron chi connectivity index (χ0n) is 11.0. The maximum atomic E-state index is 13.1. The molecule has 1 atom stereocenters. The molecule has 0 bridgehead atoms. The lowest BCUT2D eigenvalue weighted by molar-refractivity contribution is -0.137. The summed E-state index contributed by atoms with van der Waals surface area (Å²) in [5.41, 5.74) is 0.237. The Hall–Kier alpha value is -1.62. The van der Waals surface area contributed by atoms with Crippen molar-refractivity contribution in [3.05, 3.63) is 52.4 Å². The molecule has 0 aliphatic heterocycles. The Morgan fingerprint density at radius 1 is 1.24 bits per heavy atom. The fourth-order valence-corrected chi connectivity index (χ4v) is 2.87. The number of anilines is 1. The zero-order chi connectivity index (χ0) is 15.0. The summed E-state index contributed by atoms with van der Waals surface area (Å²) in [7, 11) is 0. The molecule has 0 spiro atoms. The van der Waals surface area contributed by atoms with Gasteiger partial charge in [0.15, 0.2) is 0 Å². The number of furan rings is 1. The van der Waals surface area contributed by atoms with Gasteiger partial charge < -0.3 is 9.73 Å². The molecule has 2 nitrogen and oxygen atoms in total. The average molecular weight is 316 g/mol. The summed E-state index contributed by atoms with van der Waals surface area (Å²) in [6.07, 6.45) is -0.384. The number of halogens is 4. The molecular formula is C15H13ClF3NO. The molecule has 1 aromatic heterocycles. The minimum Gasteiger partial charge on any atom is -0.469 e. The van der Waals surface area contributed by atoms with Crippen molar-refractivity contribution in [3.63, 3.8) is 0 Å². The summed E-state index contributed by atoms with van der Waals surface area (Å²) in [5.74, 6) is 0.848. The van der Waals surface area contributed by atoms with Crippen molar-refractivity contribution in [3.8, 4) is 0 Å². The Balaban J connectivity index is 1.93. The lowest BCUT2D eigenvalue weighted by Crippen LogP contribution is -2.18. The quantitative estimate of drug-likeness (QED) is 0.798. The molecule has 0 amide bonds. The van der Waals surface area contributed by atoms with Gasteiger partial charge >= 0.3 is 6.18 Å². The van der Waals surface area contributed by atoms with E-state index >= 15 is 0 Å². The van der Waals surface area contributed by atoms with Crippen LogP contribution in [0, 0.1) is 0 Å². The van der Waals surface area contributed by atoms with Gasteiger partial charge in [-0.25, -0.2) is 0 Å². The molecule has 3 rings (SSSR count). The van der Waals surface area contributed by atoms with E-state index in [-0.39, 0.29) is 16.8 Å². The highest BCUT2D eigenvalue weighted by Crippen LogP contribution is 2.40. The maximum Gasteiger partial charge on any atom is 0.418 e. The predicted octanol–water partition coefficient (Wildman–Crippen LogP) is 5.44. The molecule has 1 N–H and O–H groups in total. The van der Waals surface area contributed by atoms with Gasteiger partial charge in [0, 0.05) is 22.7 Å². The first-order valence-corrected chi connectivity index (χ1v) is 7.02. The third kappa shape index (κ3) is 2.88. The number of benzene rings is 1. The van der Waals surface area contributed by atoms with E-state index in [1.807, 2.05) is 6.07 Å². The van der Waals surface area contributed by atoms with Gasteiger partial charge in [-0.3, -0.25) is 0 Å². The van der Waals surface area contributed by atoms with Crippen molar-refractivity contribution in [2.45, 2.75) is 31.5 Å². The number of nitrogens with one attached hydrogen (secondary N) is 1. The van der Waals surface area contributed by atoms with E-state index in [1.165, 1.54) is 12.1 Å². The predicted molar refractivity (Wildman–Crippen MR) is 74.5 cm³/mol. The molecule has 1 unspecified atom stereocenters. The van der Waals surface area contributed by atoms with Gasteiger partial charge in [-0.1, -0.05) is 11.6 Å². The van der Waals surface area contributed by atoms with Gasteiger partial charge in [0.05, 0.1) is 17.9 Å². The van der Waals surface area contributed by atoms with Crippen LogP contribution in [0.2, 0.25) is 5.02 Å². The van der Waals surface area contributed by atoms with E-state index < -0.39 is 11.7 Å². The summed E-state index contributed by atoms with van der Waals surface area (Å²) in [6, 6.07) is 5.42. The number of rotatable bonds is 2. The third-order valence-electron chi connectivity index (χ3n) is 3.67. The van der Waals surface area contributed by atoms with E-state index in [0.29, 0.717) is 0 Å². The molecule has 1 aliphatic carbocycles. The first-order valence-electron chi connectivity index (χ1n) is 6.64. The van der Waals surface area contributed by atoms with Gasteiger partial charge in [-0.2, -0.15) is 13.2 Å². The Kier molecular flexibility index (Phi) is 3.61. The number of hydrogen-bond acceptors (Lipinski definition) is 2. The molecule has 6 heteroatoms. The van der Waals surface area contributed by atoms with Crippen molar-refractivity contribution >= 4 is 17.3 Å². The van der Waals surface area contributed by atoms with E-state index in [0.717, 1.165) is 36.7 Å². The first kappa shape index (κ1) is 14.3. The topological polar surface area (TPSA) is 25.2 Å². The monoisotopic (exact) mass is 315 g/mol. The Labute approximate surface area is 124 Å². The second-order valence-corrected chi connectivity index (χ2v) is 5.51. The lowest BCUT2D eigenvalue weighted by atomic mass is 9.93. The molecule has 112 valence electrons. The SMILES string of the molecule is FC(F)(F)c1cc(Cl)ccc1NC1CCCc2occc21. The van der Waals surface area contributed by atoms with Crippen LogP contribution < -0.4 is 5.32 Å². The molecule has 1 heterocycles. The summed E-state index contributed by atoms with van der Waals surface area (Å²) in [5, 5.41) is 3.06. The van der Waals surface area contributed by atoms with Crippen molar-refractivity contribution in [2.24, 2.45) is 0 Å². The van der Waals surface area contributed by atoms with Crippen LogP contribution in [0.3, 0.4) is 0 Å². The van der Waals surface area contributed by atoms with Crippen LogP contribution in [-0.2, 0) is 12.6 Å². The highest BCUT2D eigenvalue weighted by molar-refractivity contribution is 6.30. The fraction of sp³-hybridized carbons (Fsp3) is 0.333. The third-order valence-corrected chi connectivity index (χ3v) is 3.90. The van der Waals surface area contributed by atoms with Gasteiger partial charge in [0.2, 0.25) is 0 Å². The van der Waals surface area contributed by atoms with Crippen LogP contribution in [0.15, 0.2) is 34.9 Å². The fourth-order valence-electron chi connectivity index (χ4n) is 2.70. The normalized spacial score (nSPS) is 18.4. The minimum absolute atomic E-state index is 0.0472. The molecule has 2 aromatic rings. The smallest absolute Gasteiger partial charge is 0.418 e. The maximum absolute atomic E-state index is 13.1. The Bertz CT molecular complexity index is 651. The van der Waals surface area contributed by atoms with Crippen molar-refractivity contribution in [2.75, 3.05) is 5.32 Å². The summed E-state index contributed by atoms with van der Waals surface area (Å²) in [4.78, 5) is 0. The molecule has 1 aromatic carbocycles. The summed E-state index contributed by atoms with van der Waals surface area (Å²) in [6.45, 7) is 0. The van der Waals surface area contributed by atoms with Gasteiger partial charge in [0.25, 0.3) is 0 Å². The van der Waals surface area contributed by atoms with Gasteiger partial charge in [-0.15, -0.1) is 0 Å². The van der Waals surface area contributed by atoms with Gasteiger partial charge in [-0.05, 0) is 37.1 Å². The summed E-state index contributed by atoms with van der Waals surface area (Å²) >= 11 is 5.69. The molecule has 0 radical (unpaired) electrons. The Morgan fingerprint density at radius 2 is 2.05 bits per heavy atom. The van der Waals surface area contributed by atoms with Crippen LogP contribution in [0.1, 0.15) is 35.8 Å². The van der Waals surface area contributed by atoms with E-state index in [2.05, 4.69) is 5.32 Å². The number of aryl methyl sites for hydroxylation is 1. The molecule has 0 fully saturated rings. The highest BCUT2D eigenvalue weighted by Gasteiger charge is 2.35. The summed E-state index contributed by atoms with van der Waals surface area (Å²) < 4.78 is 44.7. The molecule has 21 heavy (non-hydrogen) atoms. The van der Waals surface area contributed by atoms with Crippen molar-refractivity contribution < 1.29 is 17.6 Å². The Morgan fingerprint density at radius 3 is 2.81 bits per heavy atom. The van der Waals surface area contributed by atoms with Crippen LogP contribution in [0.4, 0.5) is 18.9 Å². The second kappa shape index (κ2) is 5.30. The number of fused-ring (bicyclic) bond motifs is 1. The van der Waals surface area contributed by atoms with Crippen LogP contribution in [0.5, 0.6) is 0 Å². The van der Waals surface area contributed by atoms with Crippen LogP contribution >= 0.6 is 11.6 Å². The standard InChI is InChI=1S/C15H13ClF3NO/c16-9-4-5-13(11(8-9)15(17,18)19)20-12-2-1-3-14-10(12)6-7-21-14/h4-8,12,20H,1-3H2. The first-order chi connectivity index (χ1) is 9.95. The van der Waals surface area contributed by atoms with Crippen LogP contribution in [0.25, 0.3) is 0 Å². The zero-order valence-corrected chi connectivity index (χ0v) is 11.8. The largest absolute Gasteiger partial charge is 0.469 e. The average Bonchev–Trinajstić information content (AvgIpc) is 2.89. The van der Waals surface area contributed by atoms with Gasteiger partial charge in [0.1, 0.15) is 5.76 Å². The number of alkyl halides is 3. The van der Waals surface area contributed by atoms with E-state index in [4.69, 9.17) is 16.0 Å². The highest BCUT2D eigenvalue weighted by atomic mass is 35.5. The minimum atomic E-state index is -4.44. The molecule has 1 aliphatic rings. The molecule has 0 saturated heterocycles. The molecular weight excluding hydrogens is 303 g/mol. The van der Waals surface area contributed by atoms with Crippen molar-refractivity contribution in [1.29, 1.82) is 0 Å². The lowest BCUT2D eigenvalue weighted by Gasteiger charge is -2.25. The van der Waals surface area contributed by atoms with Crippen molar-refractivity contribution in [1.82, 2.24) is 0 Å². The number of hydrogen-bond donors (Lipinski definition) is 1. The van der Waals surface area contributed by atoms with Crippen LogP contribution in [-0.4, -0.2) is 0 Å². The molecule has 0 saturated carbocycles.